The van der Waals surface area contributed by atoms with Crippen LogP contribution in [0.4, 0.5) is 0 Å². The molecule has 0 fully saturated rings. The first-order valence-corrected chi connectivity index (χ1v) is 5.16. The highest BCUT2D eigenvalue weighted by Crippen LogP contribution is 2.23. The van der Waals surface area contributed by atoms with E-state index in [1.54, 1.807) is 24.0 Å². The Hall–Kier alpha value is -1.46. The van der Waals surface area contributed by atoms with Crippen molar-refractivity contribution in [1.29, 1.82) is 0 Å². The first kappa shape index (κ1) is 11.0. The summed E-state index contributed by atoms with van der Waals surface area (Å²) in [4.78, 5) is 7.91. The van der Waals surface area contributed by atoms with E-state index in [1.165, 1.54) is 12.5 Å². The summed E-state index contributed by atoms with van der Waals surface area (Å²) in [6.07, 6.45) is 4.24. The van der Waals surface area contributed by atoms with E-state index in [1.807, 2.05) is 0 Å². The molecule has 2 aromatic heterocycles. The second kappa shape index (κ2) is 4.59. The number of nitrogens with zero attached hydrogens (tertiary/aromatic N) is 4. The van der Waals surface area contributed by atoms with Gasteiger partial charge in [-0.1, -0.05) is 11.6 Å². The van der Waals surface area contributed by atoms with Crippen molar-refractivity contribution < 1.29 is 5.11 Å². The number of halogens is 1. The minimum atomic E-state index is -0.696. The lowest BCUT2D eigenvalue weighted by Crippen LogP contribution is -2.08. The van der Waals surface area contributed by atoms with Gasteiger partial charge in [0.25, 0.3) is 0 Å². The molecule has 0 aliphatic heterocycles. The van der Waals surface area contributed by atoms with E-state index in [0.29, 0.717) is 22.8 Å². The zero-order valence-corrected chi connectivity index (χ0v) is 9.46. The SMILES string of the molecule is Cn1ncnc1CC(O)c1ccncc1Cl. The summed E-state index contributed by atoms with van der Waals surface area (Å²) in [5.74, 6) is 0.709. The van der Waals surface area contributed by atoms with Gasteiger partial charge in [0.2, 0.25) is 0 Å². The topological polar surface area (TPSA) is 63.8 Å². The number of pyridine rings is 1. The second-order valence-electron chi connectivity index (χ2n) is 3.42. The summed E-state index contributed by atoms with van der Waals surface area (Å²) < 4.78 is 1.62. The fourth-order valence-corrected chi connectivity index (χ4v) is 1.69. The van der Waals surface area contributed by atoms with Crippen LogP contribution in [0.2, 0.25) is 5.02 Å². The molecular weight excluding hydrogens is 228 g/mol. The fraction of sp³-hybridized carbons (Fsp3) is 0.300. The molecule has 84 valence electrons. The zero-order valence-electron chi connectivity index (χ0n) is 8.71. The van der Waals surface area contributed by atoms with Crippen molar-refractivity contribution in [2.75, 3.05) is 0 Å². The van der Waals surface area contributed by atoms with Gasteiger partial charge in [0, 0.05) is 31.4 Å². The summed E-state index contributed by atoms with van der Waals surface area (Å²) in [5.41, 5.74) is 0.652. The van der Waals surface area contributed by atoms with Gasteiger partial charge < -0.3 is 5.11 Å². The maximum atomic E-state index is 10.0. The number of rotatable bonds is 3. The summed E-state index contributed by atoms with van der Waals surface area (Å²) in [6, 6.07) is 1.70. The molecule has 0 saturated heterocycles. The largest absolute Gasteiger partial charge is 0.388 e. The normalized spacial score (nSPS) is 12.7. The minimum Gasteiger partial charge on any atom is -0.388 e. The molecule has 1 atom stereocenters. The Kier molecular flexibility index (Phi) is 3.17. The Morgan fingerprint density at radius 3 is 3.00 bits per heavy atom. The summed E-state index contributed by atoms with van der Waals surface area (Å²) in [5, 5.41) is 14.4. The van der Waals surface area contributed by atoms with Gasteiger partial charge in [0.05, 0.1) is 11.1 Å². The molecule has 0 aromatic carbocycles. The molecule has 2 heterocycles. The monoisotopic (exact) mass is 238 g/mol. The van der Waals surface area contributed by atoms with Gasteiger partial charge in [0.15, 0.2) is 0 Å². The Morgan fingerprint density at radius 1 is 1.56 bits per heavy atom. The maximum Gasteiger partial charge on any atom is 0.138 e. The number of hydrogen-bond acceptors (Lipinski definition) is 4. The van der Waals surface area contributed by atoms with E-state index in [2.05, 4.69) is 15.1 Å². The van der Waals surface area contributed by atoms with Crippen molar-refractivity contribution in [3.05, 3.63) is 41.2 Å². The van der Waals surface area contributed by atoms with Gasteiger partial charge in [-0.3, -0.25) is 9.67 Å². The summed E-state index contributed by atoms with van der Waals surface area (Å²) in [7, 11) is 1.78. The van der Waals surface area contributed by atoms with E-state index in [-0.39, 0.29) is 0 Å². The first-order chi connectivity index (χ1) is 7.68. The van der Waals surface area contributed by atoms with E-state index in [0.717, 1.165) is 0 Å². The number of hydrogen-bond donors (Lipinski definition) is 1. The zero-order chi connectivity index (χ0) is 11.5. The lowest BCUT2D eigenvalue weighted by Gasteiger charge is -2.11. The molecule has 1 N–H and O–H groups in total. The molecule has 0 spiro atoms. The van der Waals surface area contributed by atoms with Crippen LogP contribution in [-0.2, 0) is 13.5 Å². The lowest BCUT2D eigenvalue weighted by molar-refractivity contribution is 0.174. The van der Waals surface area contributed by atoms with Crippen molar-refractivity contribution in [1.82, 2.24) is 19.7 Å². The van der Waals surface area contributed by atoms with Crippen LogP contribution in [0.25, 0.3) is 0 Å². The average Bonchev–Trinajstić information content (AvgIpc) is 2.65. The van der Waals surface area contributed by atoms with Crippen molar-refractivity contribution in [3.8, 4) is 0 Å². The molecule has 0 bridgehead atoms. The van der Waals surface area contributed by atoms with Crippen LogP contribution in [0.1, 0.15) is 17.5 Å². The highest BCUT2D eigenvalue weighted by atomic mass is 35.5. The Balaban J connectivity index is 2.18. The lowest BCUT2D eigenvalue weighted by atomic mass is 10.1. The second-order valence-corrected chi connectivity index (χ2v) is 3.82. The third kappa shape index (κ3) is 2.20. The number of aliphatic hydroxyl groups is 1. The van der Waals surface area contributed by atoms with Crippen molar-refractivity contribution >= 4 is 11.6 Å². The molecule has 5 nitrogen and oxygen atoms in total. The maximum absolute atomic E-state index is 10.0. The van der Waals surface area contributed by atoms with Gasteiger partial charge in [0.1, 0.15) is 12.2 Å². The quantitative estimate of drug-likeness (QED) is 0.871. The van der Waals surface area contributed by atoms with Gasteiger partial charge in [-0.2, -0.15) is 5.10 Å². The molecule has 0 aliphatic rings. The highest BCUT2D eigenvalue weighted by molar-refractivity contribution is 6.31. The molecule has 0 aliphatic carbocycles. The molecule has 16 heavy (non-hydrogen) atoms. The van der Waals surface area contributed by atoms with Crippen molar-refractivity contribution in [3.63, 3.8) is 0 Å². The van der Waals surface area contributed by atoms with E-state index < -0.39 is 6.10 Å². The highest BCUT2D eigenvalue weighted by Gasteiger charge is 2.14. The molecule has 6 heteroatoms. The number of aryl methyl sites for hydroxylation is 1. The number of aromatic nitrogens is 4. The molecule has 2 rings (SSSR count). The van der Waals surface area contributed by atoms with Gasteiger partial charge in [-0.05, 0) is 6.07 Å². The van der Waals surface area contributed by atoms with Crippen LogP contribution in [0.3, 0.4) is 0 Å². The average molecular weight is 239 g/mol. The van der Waals surface area contributed by atoms with Crippen molar-refractivity contribution in [2.45, 2.75) is 12.5 Å². The predicted octanol–water partition coefficient (Wildman–Crippen LogP) is 1.14. The van der Waals surface area contributed by atoms with Crippen LogP contribution in [-0.4, -0.2) is 24.9 Å². The summed E-state index contributed by atoms with van der Waals surface area (Å²) >= 11 is 5.93. The number of aliphatic hydroxyl groups excluding tert-OH is 1. The smallest absolute Gasteiger partial charge is 0.138 e. The van der Waals surface area contributed by atoms with Crippen LogP contribution in [0.5, 0.6) is 0 Å². The van der Waals surface area contributed by atoms with Crippen LogP contribution in [0, 0.1) is 0 Å². The third-order valence-electron chi connectivity index (χ3n) is 2.34. The first-order valence-electron chi connectivity index (χ1n) is 4.79. The van der Waals surface area contributed by atoms with E-state index in [9.17, 15) is 5.11 Å². The molecule has 2 aromatic rings. The third-order valence-corrected chi connectivity index (χ3v) is 2.66. The van der Waals surface area contributed by atoms with Crippen LogP contribution in [0.15, 0.2) is 24.8 Å². The Bertz CT molecular complexity index is 485. The summed E-state index contributed by atoms with van der Waals surface area (Å²) in [6.45, 7) is 0. The van der Waals surface area contributed by atoms with Gasteiger partial charge >= 0.3 is 0 Å². The van der Waals surface area contributed by atoms with E-state index >= 15 is 0 Å². The fourth-order valence-electron chi connectivity index (χ4n) is 1.44. The molecular formula is C10H11ClN4O. The molecule has 0 amide bonds. The molecule has 0 saturated carbocycles. The predicted molar refractivity (Wildman–Crippen MR) is 58.9 cm³/mol. The van der Waals surface area contributed by atoms with Crippen LogP contribution < -0.4 is 0 Å². The van der Waals surface area contributed by atoms with Gasteiger partial charge in [-0.15, -0.1) is 0 Å². The standard InChI is InChI=1S/C10H11ClN4O/c1-15-10(13-6-14-15)4-9(16)7-2-3-12-5-8(7)11/h2-3,5-6,9,16H,4H2,1H3. The van der Waals surface area contributed by atoms with E-state index in [4.69, 9.17) is 11.6 Å². The molecule has 1 unspecified atom stereocenters. The molecule has 0 radical (unpaired) electrons. The van der Waals surface area contributed by atoms with Crippen LogP contribution >= 0.6 is 11.6 Å². The van der Waals surface area contributed by atoms with Crippen molar-refractivity contribution in [2.24, 2.45) is 7.05 Å². The van der Waals surface area contributed by atoms with Gasteiger partial charge in [-0.25, -0.2) is 4.98 Å². The Labute approximate surface area is 97.7 Å². The minimum absolute atomic E-state index is 0.375. The Morgan fingerprint density at radius 2 is 2.38 bits per heavy atom.